The highest BCUT2D eigenvalue weighted by Gasteiger charge is 2.38. The van der Waals surface area contributed by atoms with Gasteiger partial charge in [0, 0.05) is 18.8 Å². The molecule has 2 nitrogen and oxygen atoms in total. The molecule has 1 aromatic rings. The van der Waals surface area contributed by atoms with Crippen molar-refractivity contribution < 1.29 is 13.2 Å². The fourth-order valence-electron chi connectivity index (χ4n) is 2.05. The van der Waals surface area contributed by atoms with Crippen molar-refractivity contribution in [3.8, 4) is 0 Å². The summed E-state index contributed by atoms with van der Waals surface area (Å²) in [5.41, 5.74) is 5.11. The lowest BCUT2D eigenvalue weighted by Crippen LogP contribution is -2.55. The average Bonchev–Trinajstić information content (AvgIpc) is 2.31. The van der Waals surface area contributed by atoms with Gasteiger partial charge < -0.3 is 10.6 Å². The van der Waals surface area contributed by atoms with Crippen LogP contribution in [-0.4, -0.2) is 25.1 Å². The van der Waals surface area contributed by atoms with Crippen molar-refractivity contribution >= 4 is 5.69 Å². The first-order valence-electron chi connectivity index (χ1n) is 5.59. The molecular weight excluding hydrogens is 229 g/mol. The van der Waals surface area contributed by atoms with Crippen LogP contribution in [-0.2, 0) is 0 Å². The van der Waals surface area contributed by atoms with E-state index in [-0.39, 0.29) is 18.7 Å². The Morgan fingerprint density at radius 3 is 2.12 bits per heavy atom. The molecule has 17 heavy (non-hydrogen) atoms. The summed E-state index contributed by atoms with van der Waals surface area (Å²) in [5.74, 6) is -0.300. The van der Waals surface area contributed by atoms with Crippen molar-refractivity contribution in [3.05, 3.63) is 30.1 Å². The van der Waals surface area contributed by atoms with Gasteiger partial charge in [0.2, 0.25) is 0 Å². The lowest BCUT2D eigenvalue weighted by atomic mass is 9.89. The van der Waals surface area contributed by atoms with Gasteiger partial charge in [-0.25, -0.2) is 13.2 Å². The maximum absolute atomic E-state index is 12.7. The third-order valence-corrected chi connectivity index (χ3v) is 3.32. The summed E-state index contributed by atoms with van der Waals surface area (Å²) in [6, 6.07) is 6.04. The van der Waals surface area contributed by atoms with E-state index < -0.39 is 12.0 Å². The second kappa shape index (κ2) is 4.56. The number of halogens is 3. The van der Waals surface area contributed by atoms with Crippen molar-refractivity contribution in [2.45, 2.75) is 24.8 Å². The summed E-state index contributed by atoms with van der Waals surface area (Å²) in [6.07, 6.45) is -1.98. The van der Waals surface area contributed by atoms with Gasteiger partial charge >= 0.3 is 0 Å². The van der Waals surface area contributed by atoms with Crippen LogP contribution in [0, 0.1) is 5.82 Å². The zero-order chi connectivity index (χ0) is 12.5. The molecule has 0 aliphatic carbocycles. The number of anilines is 1. The minimum Gasteiger partial charge on any atom is -0.371 e. The average molecular weight is 244 g/mol. The molecule has 5 heteroatoms. The summed E-state index contributed by atoms with van der Waals surface area (Å²) >= 11 is 0. The number of hydrogen-bond donors (Lipinski definition) is 1. The van der Waals surface area contributed by atoms with Crippen LogP contribution in [0.15, 0.2) is 24.3 Å². The Bertz CT molecular complexity index is 370. The number of rotatable bonds is 2. The second-order valence-electron chi connectivity index (χ2n) is 4.50. The van der Waals surface area contributed by atoms with E-state index >= 15 is 0 Å². The van der Waals surface area contributed by atoms with Gasteiger partial charge in [-0.15, -0.1) is 0 Å². The first-order chi connectivity index (χ1) is 8.01. The topological polar surface area (TPSA) is 29.3 Å². The molecule has 0 saturated carbocycles. The number of piperidine rings is 1. The smallest absolute Gasteiger partial charge is 0.256 e. The lowest BCUT2D eigenvalue weighted by molar-refractivity contribution is 0.0391. The van der Waals surface area contributed by atoms with Crippen LogP contribution in [0.1, 0.15) is 12.8 Å². The fraction of sp³-hybridized carbons (Fsp3) is 0.500. The lowest BCUT2D eigenvalue weighted by Gasteiger charge is -2.39. The predicted octanol–water partition coefficient (Wildman–Crippen LogP) is 2.39. The van der Waals surface area contributed by atoms with Gasteiger partial charge in [-0.1, -0.05) is 0 Å². The second-order valence-corrected chi connectivity index (χ2v) is 4.50. The predicted molar refractivity (Wildman–Crippen MR) is 60.8 cm³/mol. The Balaban J connectivity index is 2.02. The molecule has 1 aliphatic rings. The van der Waals surface area contributed by atoms with E-state index in [1.54, 1.807) is 12.1 Å². The molecule has 0 aromatic heterocycles. The molecule has 1 saturated heterocycles. The highest BCUT2D eigenvalue weighted by Crippen LogP contribution is 2.28. The quantitative estimate of drug-likeness (QED) is 0.865. The van der Waals surface area contributed by atoms with Gasteiger partial charge in [0.05, 0.1) is 5.54 Å². The molecule has 1 aliphatic heterocycles. The van der Waals surface area contributed by atoms with Crippen LogP contribution >= 0.6 is 0 Å². The van der Waals surface area contributed by atoms with Crippen LogP contribution < -0.4 is 10.6 Å². The molecule has 0 radical (unpaired) electrons. The van der Waals surface area contributed by atoms with Gasteiger partial charge in [-0.2, -0.15) is 0 Å². The first-order valence-corrected chi connectivity index (χ1v) is 5.59. The standard InChI is InChI=1S/C12H15F3N2/c13-9-1-3-10(4-2-9)17-7-5-12(16,6-8-17)11(14)15/h1-4,11H,5-8,16H2. The molecule has 0 unspecified atom stereocenters. The van der Waals surface area contributed by atoms with Gasteiger partial charge in [-0.3, -0.25) is 0 Å². The van der Waals surface area contributed by atoms with Crippen molar-refractivity contribution in [2.75, 3.05) is 18.0 Å². The molecule has 94 valence electrons. The number of nitrogens with two attached hydrogens (primary N) is 1. The molecule has 1 fully saturated rings. The molecule has 0 bridgehead atoms. The first kappa shape index (κ1) is 12.2. The third-order valence-electron chi connectivity index (χ3n) is 3.32. The van der Waals surface area contributed by atoms with Crippen LogP contribution in [0.25, 0.3) is 0 Å². The SMILES string of the molecule is NC1(C(F)F)CCN(c2ccc(F)cc2)CC1. The van der Waals surface area contributed by atoms with Gasteiger partial charge in [0.1, 0.15) is 5.82 Å². The van der Waals surface area contributed by atoms with E-state index in [0.29, 0.717) is 13.1 Å². The van der Waals surface area contributed by atoms with Crippen molar-refractivity contribution in [1.82, 2.24) is 0 Å². The fourth-order valence-corrected chi connectivity index (χ4v) is 2.05. The highest BCUT2D eigenvalue weighted by molar-refractivity contribution is 5.46. The molecule has 1 heterocycles. The maximum Gasteiger partial charge on any atom is 0.256 e. The van der Waals surface area contributed by atoms with Gasteiger partial charge in [0.25, 0.3) is 6.43 Å². The van der Waals surface area contributed by atoms with Crippen molar-refractivity contribution in [2.24, 2.45) is 5.73 Å². The Morgan fingerprint density at radius 1 is 1.12 bits per heavy atom. The van der Waals surface area contributed by atoms with E-state index in [2.05, 4.69) is 0 Å². The Hall–Kier alpha value is -1.23. The van der Waals surface area contributed by atoms with E-state index in [1.807, 2.05) is 4.90 Å². The normalized spacial score (nSPS) is 19.7. The number of hydrogen-bond acceptors (Lipinski definition) is 2. The van der Waals surface area contributed by atoms with Gasteiger partial charge in [0.15, 0.2) is 0 Å². The van der Waals surface area contributed by atoms with Crippen LogP contribution in [0.3, 0.4) is 0 Å². The van der Waals surface area contributed by atoms with E-state index in [1.165, 1.54) is 12.1 Å². The molecule has 2 rings (SSSR count). The summed E-state index contributed by atoms with van der Waals surface area (Å²) in [6.45, 7) is 0.957. The number of nitrogens with zero attached hydrogens (tertiary/aromatic N) is 1. The monoisotopic (exact) mass is 244 g/mol. The molecule has 2 N–H and O–H groups in total. The van der Waals surface area contributed by atoms with Crippen molar-refractivity contribution in [3.63, 3.8) is 0 Å². The molecular formula is C12H15F3N2. The molecule has 0 amide bonds. The zero-order valence-electron chi connectivity index (χ0n) is 9.37. The minimum atomic E-state index is -2.49. The van der Waals surface area contributed by atoms with Crippen molar-refractivity contribution in [1.29, 1.82) is 0 Å². The molecule has 0 spiro atoms. The third kappa shape index (κ3) is 2.54. The largest absolute Gasteiger partial charge is 0.371 e. The van der Waals surface area contributed by atoms with E-state index in [4.69, 9.17) is 5.73 Å². The Morgan fingerprint density at radius 2 is 1.65 bits per heavy atom. The minimum absolute atomic E-state index is 0.252. The zero-order valence-corrected chi connectivity index (χ0v) is 9.37. The summed E-state index contributed by atoms with van der Waals surface area (Å²) in [4.78, 5) is 1.95. The maximum atomic E-state index is 12.7. The van der Waals surface area contributed by atoms with Crippen LogP contribution in [0.5, 0.6) is 0 Å². The van der Waals surface area contributed by atoms with E-state index in [9.17, 15) is 13.2 Å². The Kier molecular flexibility index (Phi) is 3.28. The van der Waals surface area contributed by atoms with Gasteiger partial charge in [-0.05, 0) is 37.1 Å². The highest BCUT2D eigenvalue weighted by atomic mass is 19.3. The van der Waals surface area contributed by atoms with E-state index in [0.717, 1.165) is 5.69 Å². The summed E-state index contributed by atoms with van der Waals surface area (Å²) < 4.78 is 38.1. The van der Waals surface area contributed by atoms with Crippen LogP contribution in [0.2, 0.25) is 0 Å². The molecule has 0 atom stereocenters. The Labute approximate surface area is 98.2 Å². The summed E-state index contributed by atoms with van der Waals surface area (Å²) in [5, 5.41) is 0. The number of benzene rings is 1. The summed E-state index contributed by atoms with van der Waals surface area (Å²) in [7, 11) is 0. The van der Waals surface area contributed by atoms with Crippen LogP contribution in [0.4, 0.5) is 18.9 Å². The number of alkyl halides is 2. The molecule has 1 aromatic carbocycles.